The Morgan fingerprint density at radius 1 is 1.39 bits per heavy atom. The highest BCUT2D eigenvalue weighted by Crippen LogP contribution is 2.31. The lowest BCUT2D eigenvalue weighted by atomic mass is 9.83. The topological polar surface area (TPSA) is 52.3 Å². The molecule has 1 rings (SSSR count). The van der Waals surface area contributed by atoms with Crippen LogP contribution in [-0.2, 0) is 14.9 Å². The van der Waals surface area contributed by atoms with Crippen LogP contribution in [0, 0.1) is 0 Å². The number of anilines is 1. The highest BCUT2D eigenvalue weighted by molar-refractivity contribution is 5.80. The molecule has 2 N–H and O–H groups in total. The Kier molecular flexibility index (Phi) is 4.38. The van der Waals surface area contributed by atoms with Gasteiger partial charge in [-0.15, -0.1) is 0 Å². The quantitative estimate of drug-likeness (QED) is 0.661. The maximum absolute atomic E-state index is 11.8. The van der Waals surface area contributed by atoms with Gasteiger partial charge in [0, 0.05) is 5.69 Å². The minimum atomic E-state index is -0.280. The predicted octanol–water partition coefficient (Wildman–Crippen LogP) is 3.23. The Labute approximate surface area is 109 Å². The molecule has 0 aliphatic heterocycles. The van der Waals surface area contributed by atoms with Crippen LogP contribution >= 0.6 is 0 Å². The fraction of sp³-hybridized carbons (Fsp3) is 0.533. The summed E-state index contributed by atoms with van der Waals surface area (Å²) >= 11 is 0. The zero-order valence-corrected chi connectivity index (χ0v) is 11.9. The lowest BCUT2D eigenvalue weighted by Crippen LogP contribution is -2.17. The molecule has 0 saturated carbocycles. The van der Waals surface area contributed by atoms with Crippen molar-refractivity contribution in [2.75, 3.05) is 12.8 Å². The minimum Gasteiger partial charge on any atom is -0.469 e. The molecule has 3 nitrogen and oxygen atoms in total. The van der Waals surface area contributed by atoms with E-state index in [4.69, 9.17) is 10.5 Å². The molecule has 0 radical (unpaired) electrons. The third-order valence-corrected chi connectivity index (χ3v) is 3.22. The number of carbonyl (C=O) groups is 1. The van der Waals surface area contributed by atoms with Crippen LogP contribution in [0.15, 0.2) is 18.2 Å². The summed E-state index contributed by atoms with van der Waals surface area (Å²) < 4.78 is 4.84. The SMILES string of the molecule is CCC(C(=O)OC)c1cc(C(C)(C)C)ccc1N. The molecule has 0 fully saturated rings. The summed E-state index contributed by atoms with van der Waals surface area (Å²) in [5, 5.41) is 0. The van der Waals surface area contributed by atoms with Gasteiger partial charge in [-0.3, -0.25) is 4.79 Å². The molecule has 0 heterocycles. The highest BCUT2D eigenvalue weighted by Gasteiger charge is 2.24. The van der Waals surface area contributed by atoms with Gasteiger partial charge in [-0.2, -0.15) is 0 Å². The van der Waals surface area contributed by atoms with E-state index in [2.05, 4.69) is 20.8 Å². The van der Waals surface area contributed by atoms with Gasteiger partial charge in [0.2, 0.25) is 0 Å². The summed E-state index contributed by atoms with van der Waals surface area (Å²) in [7, 11) is 1.41. The van der Waals surface area contributed by atoms with Crippen molar-refractivity contribution in [2.45, 2.75) is 45.4 Å². The van der Waals surface area contributed by atoms with E-state index in [9.17, 15) is 4.79 Å². The molecule has 100 valence electrons. The first-order valence-electron chi connectivity index (χ1n) is 6.29. The lowest BCUT2D eigenvalue weighted by Gasteiger charge is -2.23. The first kappa shape index (κ1) is 14.6. The molecule has 3 heteroatoms. The predicted molar refractivity (Wildman–Crippen MR) is 74.6 cm³/mol. The Bertz CT molecular complexity index is 433. The van der Waals surface area contributed by atoms with E-state index in [0.29, 0.717) is 12.1 Å². The Morgan fingerprint density at radius 2 is 2.00 bits per heavy atom. The van der Waals surface area contributed by atoms with Gasteiger partial charge in [-0.05, 0) is 29.0 Å². The monoisotopic (exact) mass is 249 g/mol. The smallest absolute Gasteiger partial charge is 0.313 e. The first-order chi connectivity index (χ1) is 8.31. The number of nitrogens with two attached hydrogens (primary N) is 1. The largest absolute Gasteiger partial charge is 0.469 e. The van der Waals surface area contributed by atoms with Crippen LogP contribution in [-0.4, -0.2) is 13.1 Å². The number of hydrogen-bond donors (Lipinski definition) is 1. The molecule has 0 bridgehead atoms. The first-order valence-corrected chi connectivity index (χ1v) is 6.29. The zero-order chi connectivity index (χ0) is 13.9. The van der Waals surface area contributed by atoms with Crippen molar-refractivity contribution in [1.29, 1.82) is 0 Å². The molecule has 1 aromatic carbocycles. The molecule has 1 aromatic rings. The number of benzene rings is 1. The van der Waals surface area contributed by atoms with Crippen molar-refractivity contribution in [3.05, 3.63) is 29.3 Å². The number of methoxy groups -OCH3 is 1. The lowest BCUT2D eigenvalue weighted by molar-refractivity contribution is -0.142. The van der Waals surface area contributed by atoms with Crippen LogP contribution in [0.3, 0.4) is 0 Å². The minimum absolute atomic E-state index is 0.0386. The fourth-order valence-corrected chi connectivity index (χ4v) is 2.00. The van der Waals surface area contributed by atoms with Crippen LogP contribution in [0.4, 0.5) is 5.69 Å². The number of rotatable bonds is 3. The number of carbonyl (C=O) groups excluding carboxylic acids is 1. The van der Waals surface area contributed by atoms with Crippen LogP contribution in [0.2, 0.25) is 0 Å². The zero-order valence-electron chi connectivity index (χ0n) is 11.9. The van der Waals surface area contributed by atoms with Gasteiger partial charge in [0.1, 0.15) is 0 Å². The fourth-order valence-electron chi connectivity index (χ4n) is 2.00. The van der Waals surface area contributed by atoms with Crippen molar-refractivity contribution in [2.24, 2.45) is 0 Å². The molecule has 0 aromatic heterocycles. The van der Waals surface area contributed by atoms with E-state index in [1.807, 2.05) is 25.1 Å². The Balaban J connectivity index is 3.26. The average Bonchev–Trinajstić information content (AvgIpc) is 2.30. The van der Waals surface area contributed by atoms with Crippen LogP contribution in [0.5, 0.6) is 0 Å². The summed E-state index contributed by atoms with van der Waals surface area (Å²) in [5.74, 6) is -0.507. The second-order valence-electron chi connectivity index (χ2n) is 5.58. The van der Waals surface area contributed by atoms with E-state index in [-0.39, 0.29) is 17.3 Å². The van der Waals surface area contributed by atoms with Crippen molar-refractivity contribution in [3.63, 3.8) is 0 Å². The van der Waals surface area contributed by atoms with Crippen molar-refractivity contribution in [3.8, 4) is 0 Å². The number of ether oxygens (including phenoxy) is 1. The molecule has 0 aliphatic rings. The van der Waals surface area contributed by atoms with Crippen molar-refractivity contribution >= 4 is 11.7 Å². The molecule has 1 atom stereocenters. The maximum Gasteiger partial charge on any atom is 0.313 e. The second kappa shape index (κ2) is 5.42. The van der Waals surface area contributed by atoms with E-state index in [0.717, 1.165) is 5.56 Å². The van der Waals surface area contributed by atoms with Gasteiger partial charge in [0.15, 0.2) is 0 Å². The molecular weight excluding hydrogens is 226 g/mol. The summed E-state index contributed by atoms with van der Waals surface area (Å²) in [6, 6.07) is 5.92. The third kappa shape index (κ3) is 3.03. The van der Waals surface area contributed by atoms with Crippen LogP contribution in [0.1, 0.15) is 51.2 Å². The normalized spacial score (nSPS) is 13.2. The maximum atomic E-state index is 11.8. The van der Waals surface area contributed by atoms with E-state index in [1.165, 1.54) is 12.7 Å². The molecule has 0 amide bonds. The van der Waals surface area contributed by atoms with E-state index in [1.54, 1.807) is 0 Å². The van der Waals surface area contributed by atoms with Gasteiger partial charge < -0.3 is 10.5 Å². The molecule has 0 aliphatic carbocycles. The molecule has 1 unspecified atom stereocenters. The highest BCUT2D eigenvalue weighted by atomic mass is 16.5. The molecular formula is C15H23NO2. The molecule has 0 spiro atoms. The summed E-state index contributed by atoms with van der Waals surface area (Å²) in [4.78, 5) is 11.8. The van der Waals surface area contributed by atoms with E-state index < -0.39 is 0 Å². The van der Waals surface area contributed by atoms with Gasteiger partial charge in [-0.1, -0.05) is 39.8 Å². The number of esters is 1. The third-order valence-electron chi connectivity index (χ3n) is 3.22. The summed E-state index contributed by atoms with van der Waals surface area (Å²) in [5.41, 5.74) is 8.73. The average molecular weight is 249 g/mol. The van der Waals surface area contributed by atoms with Gasteiger partial charge >= 0.3 is 5.97 Å². The number of nitrogen functional groups attached to an aromatic ring is 1. The standard InChI is InChI=1S/C15H23NO2/c1-6-11(14(17)18-5)12-9-10(15(2,3)4)7-8-13(12)16/h7-9,11H,6,16H2,1-5H3. The Morgan fingerprint density at radius 3 is 2.44 bits per heavy atom. The molecule has 0 saturated heterocycles. The second-order valence-corrected chi connectivity index (χ2v) is 5.58. The number of hydrogen-bond acceptors (Lipinski definition) is 3. The van der Waals surface area contributed by atoms with Gasteiger partial charge in [-0.25, -0.2) is 0 Å². The Hall–Kier alpha value is -1.51. The van der Waals surface area contributed by atoms with Crippen molar-refractivity contribution in [1.82, 2.24) is 0 Å². The summed E-state index contributed by atoms with van der Waals surface area (Å²) in [6.45, 7) is 8.38. The van der Waals surface area contributed by atoms with Gasteiger partial charge in [0.25, 0.3) is 0 Å². The molecule has 18 heavy (non-hydrogen) atoms. The van der Waals surface area contributed by atoms with E-state index >= 15 is 0 Å². The van der Waals surface area contributed by atoms with Crippen molar-refractivity contribution < 1.29 is 9.53 Å². The van der Waals surface area contributed by atoms with Crippen LogP contribution < -0.4 is 5.73 Å². The van der Waals surface area contributed by atoms with Crippen LogP contribution in [0.25, 0.3) is 0 Å². The summed E-state index contributed by atoms with van der Waals surface area (Å²) in [6.07, 6.45) is 0.685. The van der Waals surface area contributed by atoms with Gasteiger partial charge in [0.05, 0.1) is 13.0 Å².